The molecule has 0 unspecified atom stereocenters. The molecule has 8 fully saturated rings. The molecule has 0 radical (unpaired) electrons. The molecule has 9 aromatic carbocycles. The van der Waals surface area contributed by atoms with Gasteiger partial charge in [0.2, 0.25) is 0 Å². The number of benzene rings is 9. The maximum absolute atomic E-state index is 7.35. The molecule has 0 saturated heterocycles. The molecule has 4 nitrogen and oxygen atoms in total. The molecule has 5 heteroatoms. The van der Waals surface area contributed by atoms with Crippen LogP contribution in [-0.2, 0) is 10.8 Å². The average molecular weight is 993 g/mol. The summed E-state index contributed by atoms with van der Waals surface area (Å²) in [5.74, 6) is 5.19. The van der Waals surface area contributed by atoms with Gasteiger partial charge in [-0.2, -0.15) is 0 Å². The summed E-state index contributed by atoms with van der Waals surface area (Å²) in [5, 5.41) is 9.96. The van der Waals surface area contributed by atoms with Gasteiger partial charge in [0.25, 0.3) is 0 Å². The molecule has 12 aromatic rings. The van der Waals surface area contributed by atoms with Crippen LogP contribution < -0.4 is 15.7 Å². The molecule has 0 N–H and O–H groups in total. The Labute approximate surface area is 447 Å². The Morgan fingerprint density at radius 1 is 0.429 bits per heavy atom. The molecule has 2 aliphatic heterocycles. The Morgan fingerprint density at radius 3 is 1.77 bits per heavy atom. The minimum Gasteiger partial charge on any atom is -0.456 e. The van der Waals surface area contributed by atoms with E-state index in [1.165, 1.54) is 165 Å². The summed E-state index contributed by atoms with van der Waals surface area (Å²) in [7, 11) is 0. The summed E-state index contributed by atoms with van der Waals surface area (Å²) < 4.78 is 17.1. The maximum Gasteiger partial charge on any atom is 0.333 e. The molecule has 8 aliphatic carbocycles. The van der Waals surface area contributed by atoms with E-state index in [9.17, 15) is 0 Å². The Morgan fingerprint density at radius 2 is 1.04 bits per heavy atom. The average Bonchev–Trinajstić information content (AvgIpc) is 4.27. The van der Waals surface area contributed by atoms with Gasteiger partial charge in [-0.3, -0.25) is 0 Å². The zero-order valence-corrected chi connectivity index (χ0v) is 43.3. The van der Waals surface area contributed by atoms with Gasteiger partial charge in [0, 0.05) is 49.3 Å². The van der Waals surface area contributed by atoms with Crippen molar-refractivity contribution in [2.45, 2.75) is 87.9 Å². The summed E-state index contributed by atoms with van der Waals surface area (Å²) >= 11 is 0. The van der Waals surface area contributed by atoms with Gasteiger partial charge in [-0.1, -0.05) is 97.1 Å². The van der Waals surface area contributed by atoms with Crippen molar-refractivity contribution < 1.29 is 8.83 Å². The number of furan rings is 2. The number of aromatic nitrogens is 1. The second-order valence-electron chi connectivity index (χ2n) is 26.4. The molecule has 8 bridgehead atoms. The predicted molar refractivity (Wildman–Crippen MR) is 317 cm³/mol. The Hall–Kier alpha value is -7.50. The SMILES string of the molecule is c1ccc(-c2ccc(N3B4c5c(cc6c(oc7ccccc76)c5-n5c6ccc(C78CC9CC(CC(C9)C7)C8)cc6c6cc(C78CC9CC(CC(C9)C7)C8)cc4c65)-c4cc5oc6cc7ccccc7cc6c5cc43)cc2)cc1. The van der Waals surface area contributed by atoms with Crippen molar-refractivity contribution in [3.63, 3.8) is 0 Å². The Balaban J connectivity index is 0.929. The molecular weight excluding hydrogens is 936 g/mol. The van der Waals surface area contributed by atoms with Crippen LogP contribution in [0.1, 0.15) is 88.2 Å². The number of fused-ring (bicyclic) bond motifs is 15. The number of hydrogen-bond donors (Lipinski definition) is 0. The van der Waals surface area contributed by atoms with Crippen LogP contribution in [0.4, 0.5) is 11.4 Å². The van der Waals surface area contributed by atoms with E-state index >= 15 is 0 Å². The molecule has 3 aromatic heterocycles. The van der Waals surface area contributed by atoms with Crippen LogP contribution in [0.5, 0.6) is 0 Å². The van der Waals surface area contributed by atoms with Crippen molar-refractivity contribution in [3.8, 4) is 27.9 Å². The first-order valence-corrected chi connectivity index (χ1v) is 29.4. The van der Waals surface area contributed by atoms with Crippen molar-refractivity contribution in [1.29, 1.82) is 0 Å². The van der Waals surface area contributed by atoms with Crippen molar-refractivity contribution in [3.05, 3.63) is 175 Å². The fraction of sp³-hybridized carbons (Fsp3) is 0.278. The molecule has 10 aliphatic rings. The molecule has 370 valence electrons. The molecule has 8 saturated carbocycles. The van der Waals surface area contributed by atoms with Gasteiger partial charge in [0.15, 0.2) is 5.58 Å². The first-order valence-electron chi connectivity index (χ1n) is 29.4. The number of para-hydroxylation sites is 1. The van der Waals surface area contributed by atoms with Crippen LogP contribution in [0.25, 0.3) is 104 Å². The third kappa shape index (κ3) is 5.46. The number of rotatable bonds is 4. The summed E-state index contributed by atoms with van der Waals surface area (Å²) in [6.07, 6.45) is 16.8. The highest BCUT2D eigenvalue weighted by Crippen LogP contribution is 2.63. The smallest absolute Gasteiger partial charge is 0.333 e. The van der Waals surface area contributed by atoms with Crippen LogP contribution in [-0.4, -0.2) is 11.4 Å². The standard InChI is InChI=1S/C72H57BN2O2/c1-2-8-46(9-3-1)47-14-17-52(18-15-47)75-63-32-57-56-26-48-10-4-5-11-49(48)27-65(56)76-66(57)33-55(63)58-31-60-53-12-6-7-13-64(53)77-70(60)69-67(58)73(75)61-30-51(72-37-43-23-44(38-72)25-45(24-43)39-72)29-59-54-28-50(16-19-62(54)74(69)68(59)61)71-34-40-20-41(35-71)22-42(21-40)36-71/h1-19,26-33,40-45H,20-25,34-39H2. The maximum atomic E-state index is 7.35. The van der Waals surface area contributed by atoms with E-state index in [-0.39, 0.29) is 17.7 Å². The van der Waals surface area contributed by atoms with Crippen molar-refractivity contribution >= 4 is 106 Å². The van der Waals surface area contributed by atoms with Gasteiger partial charge in [-0.05, 0) is 240 Å². The minimum atomic E-state index is -0.139. The van der Waals surface area contributed by atoms with E-state index in [4.69, 9.17) is 8.83 Å². The largest absolute Gasteiger partial charge is 0.456 e. The second-order valence-corrected chi connectivity index (χ2v) is 26.4. The molecule has 0 amide bonds. The highest BCUT2D eigenvalue weighted by Gasteiger charge is 2.55. The van der Waals surface area contributed by atoms with Gasteiger partial charge in [-0.25, -0.2) is 0 Å². The fourth-order valence-electron chi connectivity index (χ4n) is 20.0. The summed E-state index contributed by atoms with van der Waals surface area (Å²) in [6.45, 7) is -0.139. The lowest BCUT2D eigenvalue weighted by atomic mass is 9.42. The van der Waals surface area contributed by atoms with Crippen LogP contribution in [0.2, 0.25) is 0 Å². The normalized spacial score (nSPS) is 27.2. The van der Waals surface area contributed by atoms with Gasteiger partial charge < -0.3 is 18.2 Å². The topological polar surface area (TPSA) is 34.5 Å². The van der Waals surface area contributed by atoms with E-state index in [1.54, 1.807) is 11.1 Å². The van der Waals surface area contributed by atoms with Gasteiger partial charge in [0.1, 0.15) is 16.7 Å². The molecule has 5 heterocycles. The zero-order chi connectivity index (χ0) is 49.6. The third-order valence-electron chi connectivity index (χ3n) is 22.2. The monoisotopic (exact) mass is 992 g/mol. The van der Waals surface area contributed by atoms with Crippen molar-refractivity contribution in [2.75, 3.05) is 4.81 Å². The highest BCUT2D eigenvalue weighted by atomic mass is 16.3. The number of anilines is 2. The van der Waals surface area contributed by atoms with E-state index in [2.05, 4.69) is 173 Å². The van der Waals surface area contributed by atoms with Crippen LogP contribution in [0, 0.1) is 35.5 Å². The lowest BCUT2D eigenvalue weighted by Crippen LogP contribution is -2.61. The number of hydrogen-bond acceptors (Lipinski definition) is 3. The lowest BCUT2D eigenvalue weighted by Gasteiger charge is -2.57. The molecular formula is C72H57BN2O2. The second kappa shape index (κ2) is 14.3. The molecule has 22 rings (SSSR count). The first-order chi connectivity index (χ1) is 37.9. The first kappa shape index (κ1) is 41.6. The predicted octanol–water partition coefficient (Wildman–Crippen LogP) is 17.6. The van der Waals surface area contributed by atoms with Gasteiger partial charge >= 0.3 is 6.85 Å². The quantitative estimate of drug-likeness (QED) is 0.165. The molecule has 77 heavy (non-hydrogen) atoms. The van der Waals surface area contributed by atoms with E-state index in [0.717, 1.165) is 74.0 Å². The van der Waals surface area contributed by atoms with E-state index in [0.29, 0.717) is 0 Å². The van der Waals surface area contributed by atoms with Crippen LogP contribution in [0.3, 0.4) is 0 Å². The summed E-state index contributed by atoms with van der Waals surface area (Å²) in [6, 6.07) is 63.4. The Bertz CT molecular complexity index is 4540. The molecule has 0 atom stereocenters. The minimum absolute atomic E-state index is 0.139. The summed E-state index contributed by atoms with van der Waals surface area (Å²) in [4.78, 5) is 2.75. The van der Waals surface area contributed by atoms with Gasteiger partial charge in [0.05, 0.1) is 16.7 Å². The van der Waals surface area contributed by atoms with Crippen LogP contribution >= 0.6 is 0 Å². The third-order valence-corrected chi connectivity index (χ3v) is 22.2. The van der Waals surface area contributed by atoms with Crippen LogP contribution in [0.15, 0.2) is 173 Å². The fourth-order valence-corrected chi connectivity index (χ4v) is 20.0. The van der Waals surface area contributed by atoms with Crippen molar-refractivity contribution in [2.24, 2.45) is 35.5 Å². The molecule has 0 spiro atoms. The lowest BCUT2D eigenvalue weighted by molar-refractivity contribution is -0.00526. The highest BCUT2D eigenvalue weighted by molar-refractivity contribution is 6.94. The van der Waals surface area contributed by atoms with Gasteiger partial charge in [-0.15, -0.1) is 0 Å². The number of nitrogens with zero attached hydrogens (tertiary/aromatic N) is 2. The Kier molecular flexibility index (Phi) is 7.76. The zero-order valence-electron chi connectivity index (χ0n) is 43.3. The van der Waals surface area contributed by atoms with E-state index < -0.39 is 0 Å². The summed E-state index contributed by atoms with van der Waals surface area (Å²) in [5.41, 5.74) is 21.5. The van der Waals surface area contributed by atoms with E-state index in [1.807, 2.05) is 0 Å². The van der Waals surface area contributed by atoms with Crippen molar-refractivity contribution in [1.82, 2.24) is 4.57 Å².